The third-order valence-electron chi connectivity index (χ3n) is 2.39. The number of hydrogen-bond acceptors (Lipinski definition) is 3. The van der Waals surface area contributed by atoms with Crippen LogP contribution >= 0.6 is 15.9 Å². The van der Waals surface area contributed by atoms with E-state index < -0.39 is 5.60 Å². The maximum absolute atomic E-state index is 11.2. The molecule has 1 aromatic carbocycles. The van der Waals surface area contributed by atoms with E-state index in [-0.39, 0.29) is 5.78 Å². The monoisotopic (exact) mass is 299 g/mol. The maximum atomic E-state index is 11.2. The normalized spacial score (nSPS) is 11.4. The average molecular weight is 300 g/mol. The van der Waals surface area contributed by atoms with Gasteiger partial charge in [0.25, 0.3) is 0 Å². The van der Waals surface area contributed by atoms with Gasteiger partial charge in [-0.3, -0.25) is 4.79 Å². The van der Waals surface area contributed by atoms with Crippen LogP contribution in [0.15, 0.2) is 22.7 Å². The van der Waals surface area contributed by atoms with Gasteiger partial charge in [0.2, 0.25) is 0 Å². The molecule has 0 aromatic heterocycles. The van der Waals surface area contributed by atoms with E-state index in [1.165, 1.54) is 0 Å². The van der Waals surface area contributed by atoms with Crippen LogP contribution in [0.3, 0.4) is 0 Å². The van der Waals surface area contributed by atoms with Crippen molar-refractivity contribution in [1.29, 1.82) is 0 Å². The van der Waals surface area contributed by atoms with E-state index in [4.69, 9.17) is 0 Å². The van der Waals surface area contributed by atoms with Crippen molar-refractivity contribution in [2.24, 2.45) is 0 Å². The molecule has 0 spiro atoms. The lowest BCUT2D eigenvalue weighted by Gasteiger charge is -2.28. The summed E-state index contributed by atoms with van der Waals surface area (Å²) in [5.74, 6) is 0.0439. The molecule has 1 aromatic rings. The topological polar surface area (TPSA) is 40.5 Å². The van der Waals surface area contributed by atoms with Crippen LogP contribution in [0.2, 0.25) is 0 Å². The Morgan fingerprint density at radius 1 is 1.47 bits per heavy atom. The molecular weight excluding hydrogens is 282 g/mol. The highest BCUT2D eigenvalue weighted by molar-refractivity contribution is 9.10. The summed E-state index contributed by atoms with van der Waals surface area (Å²) < 4.78 is 0.858. The van der Waals surface area contributed by atoms with E-state index in [1.54, 1.807) is 32.9 Å². The standard InChI is InChI=1S/C13H18BrNO2/c1-9(16)10-5-6-12(11(14)7-10)15(4)8-13(2,3)17/h5-7,17H,8H2,1-4H3. The molecule has 4 heteroatoms. The molecule has 1 N–H and O–H groups in total. The summed E-state index contributed by atoms with van der Waals surface area (Å²) in [5.41, 5.74) is 0.877. The Morgan fingerprint density at radius 3 is 2.47 bits per heavy atom. The number of likely N-dealkylation sites (N-methyl/N-ethyl adjacent to an activating group) is 1. The molecule has 0 amide bonds. The Kier molecular flexibility index (Phi) is 4.33. The van der Waals surface area contributed by atoms with E-state index in [0.29, 0.717) is 12.1 Å². The number of aliphatic hydroxyl groups is 1. The van der Waals surface area contributed by atoms with Gasteiger partial charge in [-0.1, -0.05) is 0 Å². The van der Waals surface area contributed by atoms with Crippen molar-refractivity contribution in [2.75, 3.05) is 18.5 Å². The van der Waals surface area contributed by atoms with Crippen LogP contribution in [0.4, 0.5) is 5.69 Å². The number of ketones is 1. The Morgan fingerprint density at radius 2 is 2.06 bits per heavy atom. The highest BCUT2D eigenvalue weighted by atomic mass is 79.9. The molecule has 94 valence electrons. The Balaban J connectivity index is 2.96. The van der Waals surface area contributed by atoms with Gasteiger partial charge in [-0.2, -0.15) is 0 Å². The zero-order valence-corrected chi connectivity index (χ0v) is 12.2. The quantitative estimate of drug-likeness (QED) is 0.869. The second-order valence-corrected chi connectivity index (χ2v) is 5.75. The zero-order valence-electron chi connectivity index (χ0n) is 10.6. The summed E-state index contributed by atoms with van der Waals surface area (Å²) in [5, 5.41) is 9.77. The van der Waals surface area contributed by atoms with Crippen molar-refractivity contribution in [3.63, 3.8) is 0 Å². The lowest BCUT2D eigenvalue weighted by atomic mass is 10.1. The fraction of sp³-hybridized carbons (Fsp3) is 0.462. The van der Waals surface area contributed by atoms with E-state index in [9.17, 15) is 9.90 Å². The number of nitrogens with zero attached hydrogens (tertiary/aromatic N) is 1. The van der Waals surface area contributed by atoms with Gasteiger partial charge in [-0.15, -0.1) is 0 Å². The Bertz CT molecular complexity index is 424. The third-order valence-corrected chi connectivity index (χ3v) is 3.02. The number of carbonyl (C=O) groups excluding carboxylic acids is 1. The number of rotatable bonds is 4. The Labute approximate surface area is 111 Å². The van der Waals surface area contributed by atoms with E-state index in [2.05, 4.69) is 15.9 Å². The molecule has 0 saturated heterocycles. The molecule has 0 atom stereocenters. The van der Waals surface area contributed by atoms with Gasteiger partial charge >= 0.3 is 0 Å². The third kappa shape index (κ3) is 4.13. The van der Waals surface area contributed by atoms with Gasteiger partial charge in [0, 0.05) is 23.6 Å². The van der Waals surface area contributed by atoms with Crippen LogP contribution in [-0.2, 0) is 0 Å². The minimum absolute atomic E-state index is 0.0439. The maximum Gasteiger partial charge on any atom is 0.159 e. The minimum Gasteiger partial charge on any atom is -0.389 e. The molecule has 0 radical (unpaired) electrons. The largest absolute Gasteiger partial charge is 0.389 e. The zero-order chi connectivity index (χ0) is 13.2. The van der Waals surface area contributed by atoms with Crippen LogP contribution in [0, 0.1) is 0 Å². The molecular formula is C13H18BrNO2. The molecule has 0 unspecified atom stereocenters. The number of carbonyl (C=O) groups is 1. The number of anilines is 1. The van der Waals surface area contributed by atoms with Crippen LogP contribution in [0.5, 0.6) is 0 Å². The number of halogens is 1. The summed E-state index contributed by atoms with van der Waals surface area (Å²) in [6, 6.07) is 5.48. The van der Waals surface area contributed by atoms with Crippen LogP contribution in [0.1, 0.15) is 31.1 Å². The first kappa shape index (κ1) is 14.2. The number of Topliss-reactive ketones (excluding diaryl/α,β-unsaturated/α-hetero) is 1. The smallest absolute Gasteiger partial charge is 0.159 e. The van der Waals surface area contributed by atoms with Crippen LogP contribution in [0.25, 0.3) is 0 Å². The van der Waals surface area contributed by atoms with E-state index in [0.717, 1.165) is 10.2 Å². The van der Waals surface area contributed by atoms with Crippen molar-refractivity contribution in [2.45, 2.75) is 26.4 Å². The van der Waals surface area contributed by atoms with Crippen molar-refractivity contribution >= 4 is 27.4 Å². The van der Waals surface area contributed by atoms with E-state index in [1.807, 2.05) is 18.0 Å². The first-order valence-corrected chi connectivity index (χ1v) is 6.24. The van der Waals surface area contributed by atoms with Gasteiger partial charge in [-0.25, -0.2) is 0 Å². The van der Waals surface area contributed by atoms with Gasteiger partial charge < -0.3 is 10.0 Å². The predicted molar refractivity (Wildman–Crippen MR) is 73.7 cm³/mol. The molecule has 0 aliphatic rings. The first-order valence-electron chi connectivity index (χ1n) is 5.45. The van der Waals surface area contributed by atoms with E-state index >= 15 is 0 Å². The summed E-state index contributed by atoms with van der Waals surface area (Å²) in [6.45, 7) is 5.59. The molecule has 0 bridgehead atoms. The van der Waals surface area contributed by atoms with Crippen molar-refractivity contribution in [1.82, 2.24) is 0 Å². The number of benzene rings is 1. The molecule has 3 nitrogen and oxygen atoms in total. The van der Waals surface area contributed by atoms with Crippen LogP contribution in [-0.4, -0.2) is 30.1 Å². The molecule has 17 heavy (non-hydrogen) atoms. The fourth-order valence-corrected chi connectivity index (χ4v) is 2.38. The van der Waals surface area contributed by atoms with Gasteiger partial charge in [0.15, 0.2) is 5.78 Å². The average Bonchev–Trinajstić information content (AvgIpc) is 2.14. The first-order chi connectivity index (χ1) is 7.70. The highest BCUT2D eigenvalue weighted by Gasteiger charge is 2.17. The highest BCUT2D eigenvalue weighted by Crippen LogP contribution is 2.27. The molecule has 0 aliphatic heterocycles. The van der Waals surface area contributed by atoms with Gasteiger partial charge in [-0.05, 0) is 54.9 Å². The molecule has 0 heterocycles. The summed E-state index contributed by atoms with van der Waals surface area (Å²) >= 11 is 3.45. The second-order valence-electron chi connectivity index (χ2n) is 4.89. The molecule has 0 fully saturated rings. The summed E-state index contributed by atoms with van der Waals surface area (Å²) in [7, 11) is 1.91. The molecule has 1 rings (SSSR count). The van der Waals surface area contributed by atoms with Gasteiger partial charge in [0.05, 0.1) is 11.3 Å². The van der Waals surface area contributed by atoms with Crippen LogP contribution < -0.4 is 4.90 Å². The van der Waals surface area contributed by atoms with Gasteiger partial charge in [0.1, 0.15) is 0 Å². The SMILES string of the molecule is CC(=O)c1ccc(N(C)CC(C)(C)O)c(Br)c1. The van der Waals surface area contributed by atoms with Crippen molar-refractivity contribution < 1.29 is 9.90 Å². The second kappa shape index (κ2) is 5.19. The lowest BCUT2D eigenvalue weighted by molar-refractivity contribution is 0.0885. The summed E-state index contributed by atoms with van der Waals surface area (Å²) in [6.07, 6.45) is 0. The van der Waals surface area contributed by atoms with Crippen molar-refractivity contribution in [3.8, 4) is 0 Å². The summed E-state index contributed by atoms with van der Waals surface area (Å²) in [4.78, 5) is 13.2. The fourth-order valence-electron chi connectivity index (χ4n) is 1.70. The van der Waals surface area contributed by atoms with Crippen molar-refractivity contribution in [3.05, 3.63) is 28.2 Å². The molecule has 0 aliphatic carbocycles. The Hall–Kier alpha value is -0.870. The minimum atomic E-state index is -0.757. The predicted octanol–water partition coefficient (Wildman–Crippen LogP) is 2.86. The lowest BCUT2D eigenvalue weighted by Crippen LogP contribution is -2.36. The number of hydrogen-bond donors (Lipinski definition) is 1. The molecule has 0 saturated carbocycles.